The van der Waals surface area contributed by atoms with E-state index in [4.69, 9.17) is 5.73 Å². The topological polar surface area (TPSA) is 89.7 Å². The van der Waals surface area contributed by atoms with Crippen LogP contribution in [0.1, 0.15) is 37.0 Å². The second-order valence-electron chi connectivity index (χ2n) is 4.65. The summed E-state index contributed by atoms with van der Waals surface area (Å²) in [6, 6.07) is 4.17. The van der Waals surface area contributed by atoms with Gasteiger partial charge in [-0.1, -0.05) is 13.8 Å². The molecular weight excluding hydrogens is 292 g/mol. The molecule has 0 aliphatic carbocycles. The van der Waals surface area contributed by atoms with E-state index in [1.807, 2.05) is 13.8 Å². The number of esters is 1. The number of benzene rings is 1. The van der Waals surface area contributed by atoms with Crippen LogP contribution in [0, 0.1) is 0 Å². The molecule has 1 rings (SSSR count). The van der Waals surface area contributed by atoms with Gasteiger partial charge < -0.3 is 10.5 Å². The lowest BCUT2D eigenvalue weighted by molar-refractivity contribution is 0.0596. The van der Waals surface area contributed by atoms with E-state index in [9.17, 15) is 13.2 Å². The number of anilines is 1. The van der Waals surface area contributed by atoms with Crippen molar-refractivity contribution in [2.24, 2.45) is 0 Å². The zero-order valence-corrected chi connectivity index (χ0v) is 13.4. The van der Waals surface area contributed by atoms with Crippen LogP contribution in [0.4, 0.5) is 5.69 Å². The standard InChI is InChI=1S/C14H22N2O4S/c1-4-8-16(9-5-2)21(18,19)13-10-11(15)6-7-12(13)14(17)20-3/h6-7,10H,4-5,8-9,15H2,1-3H3. The van der Waals surface area contributed by atoms with E-state index in [2.05, 4.69) is 4.74 Å². The molecule has 2 N–H and O–H groups in total. The lowest BCUT2D eigenvalue weighted by Crippen LogP contribution is -2.33. The van der Waals surface area contributed by atoms with Gasteiger partial charge in [0.05, 0.1) is 17.6 Å². The second-order valence-corrected chi connectivity index (χ2v) is 6.56. The van der Waals surface area contributed by atoms with Crippen molar-refractivity contribution in [2.45, 2.75) is 31.6 Å². The van der Waals surface area contributed by atoms with Crippen LogP contribution in [-0.2, 0) is 14.8 Å². The summed E-state index contributed by atoms with van der Waals surface area (Å²) >= 11 is 0. The van der Waals surface area contributed by atoms with Crippen LogP contribution >= 0.6 is 0 Å². The summed E-state index contributed by atoms with van der Waals surface area (Å²) in [6.45, 7) is 4.59. The Bertz CT molecular complexity index is 593. The summed E-state index contributed by atoms with van der Waals surface area (Å²) < 4.78 is 31.6. The fourth-order valence-corrected chi connectivity index (χ4v) is 3.86. The Hall–Kier alpha value is -1.60. The average Bonchev–Trinajstić information content (AvgIpc) is 2.46. The van der Waals surface area contributed by atoms with Gasteiger partial charge in [0.15, 0.2) is 0 Å². The monoisotopic (exact) mass is 314 g/mol. The van der Waals surface area contributed by atoms with Crippen LogP contribution in [0.2, 0.25) is 0 Å². The lowest BCUT2D eigenvalue weighted by Gasteiger charge is -2.22. The Morgan fingerprint density at radius 1 is 1.24 bits per heavy atom. The maximum atomic E-state index is 12.8. The van der Waals surface area contributed by atoms with Gasteiger partial charge in [-0.2, -0.15) is 4.31 Å². The number of nitrogen functional groups attached to an aromatic ring is 1. The average molecular weight is 314 g/mol. The van der Waals surface area contributed by atoms with Crippen molar-refractivity contribution in [3.05, 3.63) is 23.8 Å². The Labute approximate surface area is 125 Å². The molecular formula is C14H22N2O4S. The predicted octanol–water partition coefficient (Wildman–Crippen LogP) is 1.87. The molecule has 0 radical (unpaired) electrons. The predicted molar refractivity (Wildman–Crippen MR) is 81.5 cm³/mol. The molecule has 0 aliphatic heterocycles. The molecule has 7 heteroatoms. The first-order chi connectivity index (χ1) is 9.88. The van der Waals surface area contributed by atoms with Crippen molar-refractivity contribution in [3.63, 3.8) is 0 Å². The molecule has 0 unspecified atom stereocenters. The van der Waals surface area contributed by atoms with Crippen LogP contribution < -0.4 is 5.73 Å². The Morgan fingerprint density at radius 3 is 2.29 bits per heavy atom. The molecule has 1 aromatic rings. The normalized spacial score (nSPS) is 11.6. The first kappa shape index (κ1) is 17.5. The number of rotatable bonds is 7. The highest BCUT2D eigenvalue weighted by atomic mass is 32.2. The molecule has 0 fully saturated rings. The largest absolute Gasteiger partial charge is 0.465 e. The third-order valence-electron chi connectivity index (χ3n) is 2.97. The minimum atomic E-state index is -3.78. The van der Waals surface area contributed by atoms with Gasteiger partial charge in [0.1, 0.15) is 0 Å². The van der Waals surface area contributed by atoms with E-state index in [1.165, 1.54) is 29.6 Å². The number of carbonyl (C=O) groups excluding carboxylic acids is 1. The van der Waals surface area contributed by atoms with Crippen molar-refractivity contribution in [1.29, 1.82) is 0 Å². The minimum Gasteiger partial charge on any atom is -0.465 e. The first-order valence-corrected chi connectivity index (χ1v) is 8.30. The van der Waals surface area contributed by atoms with Crippen LogP contribution in [0.15, 0.2) is 23.1 Å². The SMILES string of the molecule is CCCN(CCC)S(=O)(=O)c1cc(N)ccc1C(=O)OC. The first-order valence-electron chi connectivity index (χ1n) is 6.86. The maximum Gasteiger partial charge on any atom is 0.339 e. The summed E-state index contributed by atoms with van der Waals surface area (Å²) in [6.07, 6.45) is 1.38. The number of carbonyl (C=O) groups is 1. The van der Waals surface area contributed by atoms with Crippen LogP contribution in [-0.4, -0.2) is 38.9 Å². The Morgan fingerprint density at radius 2 is 1.81 bits per heavy atom. The molecule has 6 nitrogen and oxygen atoms in total. The molecule has 118 valence electrons. The molecule has 0 aromatic heterocycles. The summed E-state index contributed by atoms with van der Waals surface area (Å²) in [5, 5.41) is 0. The number of hydrogen-bond donors (Lipinski definition) is 1. The molecule has 0 saturated carbocycles. The fourth-order valence-electron chi connectivity index (χ4n) is 2.02. The van der Waals surface area contributed by atoms with Gasteiger partial charge in [-0.05, 0) is 31.0 Å². The van der Waals surface area contributed by atoms with Crippen molar-refractivity contribution >= 4 is 21.7 Å². The van der Waals surface area contributed by atoms with Crippen molar-refractivity contribution < 1.29 is 17.9 Å². The molecule has 0 atom stereocenters. The van der Waals surface area contributed by atoms with Crippen molar-refractivity contribution in [3.8, 4) is 0 Å². The van der Waals surface area contributed by atoms with E-state index in [1.54, 1.807) is 0 Å². The molecule has 0 saturated heterocycles. The molecule has 0 spiro atoms. The Kier molecular flexibility index (Phi) is 6.17. The zero-order valence-electron chi connectivity index (χ0n) is 12.6. The lowest BCUT2D eigenvalue weighted by atomic mass is 10.2. The maximum absolute atomic E-state index is 12.8. The molecule has 0 heterocycles. The second kappa shape index (κ2) is 7.42. The smallest absolute Gasteiger partial charge is 0.339 e. The highest BCUT2D eigenvalue weighted by Crippen LogP contribution is 2.24. The summed E-state index contributed by atoms with van der Waals surface area (Å²) in [4.78, 5) is 11.7. The van der Waals surface area contributed by atoms with Gasteiger partial charge in [-0.25, -0.2) is 13.2 Å². The van der Waals surface area contributed by atoms with Crippen LogP contribution in [0.5, 0.6) is 0 Å². The highest BCUT2D eigenvalue weighted by molar-refractivity contribution is 7.89. The molecule has 0 amide bonds. The van der Waals surface area contributed by atoms with Crippen LogP contribution in [0.3, 0.4) is 0 Å². The summed E-state index contributed by atoms with van der Waals surface area (Å²) in [5.74, 6) is -0.693. The van der Waals surface area contributed by atoms with Gasteiger partial charge in [0, 0.05) is 18.8 Å². The molecule has 0 aliphatic rings. The zero-order chi connectivity index (χ0) is 16.0. The molecule has 21 heavy (non-hydrogen) atoms. The third kappa shape index (κ3) is 3.95. The minimum absolute atomic E-state index is 0.00362. The van der Waals surface area contributed by atoms with E-state index in [0.29, 0.717) is 25.9 Å². The number of sulfonamides is 1. The molecule has 0 bridgehead atoms. The van der Waals surface area contributed by atoms with Crippen molar-refractivity contribution in [1.82, 2.24) is 4.31 Å². The number of ether oxygens (including phenoxy) is 1. The van der Waals surface area contributed by atoms with E-state index in [-0.39, 0.29) is 16.1 Å². The quantitative estimate of drug-likeness (QED) is 0.613. The van der Waals surface area contributed by atoms with Crippen molar-refractivity contribution in [2.75, 3.05) is 25.9 Å². The fraction of sp³-hybridized carbons (Fsp3) is 0.500. The third-order valence-corrected chi connectivity index (χ3v) is 4.91. The number of methoxy groups -OCH3 is 1. The highest BCUT2D eigenvalue weighted by Gasteiger charge is 2.28. The van der Waals surface area contributed by atoms with Gasteiger partial charge >= 0.3 is 5.97 Å². The number of hydrogen-bond acceptors (Lipinski definition) is 5. The van der Waals surface area contributed by atoms with E-state index >= 15 is 0 Å². The summed E-state index contributed by atoms with van der Waals surface area (Å²) in [7, 11) is -2.57. The number of nitrogens with zero attached hydrogens (tertiary/aromatic N) is 1. The van der Waals surface area contributed by atoms with E-state index < -0.39 is 16.0 Å². The Balaban J connectivity index is 3.41. The summed E-state index contributed by atoms with van der Waals surface area (Å²) in [5.41, 5.74) is 5.97. The number of nitrogens with two attached hydrogens (primary N) is 1. The van der Waals surface area contributed by atoms with Gasteiger partial charge in [0.2, 0.25) is 10.0 Å². The van der Waals surface area contributed by atoms with Crippen LogP contribution in [0.25, 0.3) is 0 Å². The van der Waals surface area contributed by atoms with Gasteiger partial charge in [-0.3, -0.25) is 0 Å². The molecule has 1 aromatic carbocycles. The van der Waals surface area contributed by atoms with E-state index in [0.717, 1.165) is 0 Å². The van der Waals surface area contributed by atoms with Gasteiger partial charge in [-0.15, -0.1) is 0 Å². The van der Waals surface area contributed by atoms with Gasteiger partial charge in [0.25, 0.3) is 0 Å².